The Hall–Kier alpha value is -2.19. The van der Waals surface area contributed by atoms with Crippen molar-refractivity contribution in [1.29, 1.82) is 0 Å². The van der Waals surface area contributed by atoms with E-state index < -0.39 is 0 Å². The summed E-state index contributed by atoms with van der Waals surface area (Å²) >= 11 is 1.62. The number of nitrogens with zero attached hydrogens (tertiary/aromatic N) is 4. The van der Waals surface area contributed by atoms with E-state index in [-0.39, 0.29) is 23.8 Å². The van der Waals surface area contributed by atoms with Crippen LogP contribution in [0.15, 0.2) is 22.6 Å². The molecule has 1 aliphatic rings. The maximum absolute atomic E-state index is 13.2. The Labute approximate surface area is 176 Å². The molecule has 158 valence electrons. The number of thiophene rings is 1. The fourth-order valence-electron chi connectivity index (χ4n) is 3.41. The van der Waals surface area contributed by atoms with Crippen LogP contribution in [-0.4, -0.2) is 64.7 Å². The van der Waals surface area contributed by atoms with Gasteiger partial charge in [0, 0.05) is 18.5 Å². The predicted octanol–water partition coefficient (Wildman–Crippen LogP) is 3.02. The second-order valence-electron chi connectivity index (χ2n) is 8.32. The van der Waals surface area contributed by atoms with Gasteiger partial charge in [-0.05, 0) is 30.6 Å². The molecule has 7 nitrogen and oxygen atoms in total. The van der Waals surface area contributed by atoms with Crippen molar-refractivity contribution < 1.29 is 9.59 Å². The standard InChI is InChI=1S/C21H31N5O2S/c1-6-24(7-2)10-9-22-19(27)14-26-20(28)16-12-17-15(8-11-29-17)25(16)13-18(23-26)21(3,4)5/h8,11-12H,6-7,9-10,13-14H2,1-5H3,(H,22,27). The summed E-state index contributed by atoms with van der Waals surface area (Å²) in [5.41, 5.74) is 2.29. The Kier molecular flexibility index (Phi) is 6.43. The molecule has 2 aromatic rings. The Morgan fingerprint density at radius 3 is 2.69 bits per heavy atom. The highest BCUT2D eigenvalue weighted by atomic mass is 32.1. The molecule has 2 aromatic heterocycles. The minimum atomic E-state index is -0.230. The van der Waals surface area contributed by atoms with Gasteiger partial charge in [-0.1, -0.05) is 34.6 Å². The Morgan fingerprint density at radius 1 is 1.31 bits per heavy atom. The van der Waals surface area contributed by atoms with E-state index in [1.807, 2.05) is 22.1 Å². The van der Waals surface area contributed by atoms with Gasteiger partial charge in [0.2, 0.25) is 5.91 Å². The first-order chi connectivity index (χ1) is 13.7. The number of hydrazone groups is 1. The molecule has 0 bridgehead atoms. The van der Waals surface area contributed by atoms with Gasteiger partial charge >= 0.3 is 0 Å². The van der Waals surface area contributed by atoms with Crippen LogP contribution in [0.4, 0.5) is 0 Å². The van der Waals surface area contributed by atoms with Crippen LogP contribution in [0.25, 0.3) is 10.2 Å². The van der Waals surface area contributed by atoms with Crippen LogP contribution in [0.3, 0.4) is 0 Å². The van der Waals surface area contributed by atoms with E-state index in [4.69, 9.17) is 0 Å². The zero-order valence-electron chi connectivity index (χ0n) is 18.0. The van der Waals surface area contributed by atoms with Crippen molar-refractivity contribution in [3.63, 3.8) is 0 Å². The minimum Gasteiger partial charge on any atom is -0.353 e. The number of fused-ring (bicyclic) bond motifs is 3. The van der Waals surface area contributed by atoms with Gasteiger partial charge in [-0.25, -0.2) is 5.01 Å². The molecule has 0 radical (unpaired) electrons. The maximum Gasteiger partial charge on any atom is 0.291 e. The summed E-state index contributed by atoms with van der Waals surface area (Å²) in [5, 5.41) is 10.9. The summed E-state index contributed by atoms with van der Waals surface area (Å²) in [5.74, 6) is -0.420. The van der Waals surface area contributed by atoms with Crippen LogP contribution in [0.5, 0.6) is 0 Å². The van der Waals surface area contributed by atoms with Crippen molar-refractivity contribution in [2.75, 3.05) is 32.7 Å². The van der Waals surface area contributed by atoms with Crippen LogP contribution >= 0.6 is 11.3 Å². The fraction of sp³-hybridized carbons (Fsp3) is 0.571. The number of carbonyl (C=O) groups is 2. The van der Waals surface area contributed by atoms with Crippen molar-refractivity contribution in [2.24, 2.45) is 10.5 Å². The first-order valence-electron chi connectivity index (χ1n) is 10.2. The number of likely N-dealkylation sites (N-methyl/N-ethyl adjacent to an activating group) is 1. The molecule has 0 saturated heterocycles. The predicted molar refractivity (Wildman–Crippen MR) is 119 cm³/mol. The second-order valence-corrected chi connectivity index (χ2v) is 9.27. The van der Waals surface area contributed by atoms with E-state index in [2.05, 4.69) is 49.9 Å². The van der Waals surface area contributed by atoms with Gasteiger partial charge in [0.1, 0.15) is 12.2 Å². The quantitative estimate of drug-likeness (QED) is 0.753. The number of hydrogen-bond acceptors (Lipinski definition) is 5. The molecule has 8 heteroatoms. The normalized spacial score (nSPS) is 14.9. The molecule has 1 N–H and O–H groups in total. The van der Waals surface area contributed by atoms with Crippen molar-refractivity contribution in [1.82, 2.24) is 19.8 Å². The smallest absolute Gasteiger partial charge is 0.291 e. The highest BCUT2D eigenvalue weighted by Gasteiger charge is 2.31. The third-order valence-corrected chi connectivity index (χ3v) is 6.18. The lowest BCUT2D eigenvalue weighted by Gasteiger charge is -2.23. The van der Waals surface area contributed by atoms with Crippen LogP contribution in [0.1, 0.15) is 45.1 Å². The maximum atomic E-state index is 13.2. The second kappa shape index (κ2) is 8.67. The lowest BCUT2D eigenvalue weighted by atomic mass is 9.90. The van der Waals surface area contributed by atoms with E-state index in [1.54, 1.807) is 11.3 Å². The molecule has 0 saturated carbocycles. The van der Waals surface area contributed by atoms with Crippen LogP contribution < -0.4 is 5.32 Å². The molecule has 2 amide bonds. The molecule has 1 aliphatic heterocycles. The zero-order chi connectivity index (χ0) is 21.2. The first kappa shape index (κ1) is 21.5. The average Bonchev–Trinajstić information content (AvgIpc) is 3.21. The highest BCUT2D eigenvalue weighted by Crippen LogP contribution is 2.30. The summed E-state index contributed by atoms with van der Waals surface area (Å²) in [6, 6.07) is 3.95. The number of hydrogen-bond donors (Lipinski definition) is 1. The summed E-state index contributed by atoms with van der Waals surface area (Å²) in [7, 11) is 0. The molecule has 0 aromatic carbocycles. The SMILES string of the molecule is CCN(CC)CCNC(=O)CN1N=C(C(C)(C)C)Cn2c(cc3sccc32)C1=O. The van der Waals surface area contributed by atoms with Crippen molar-refractivity contribution >= 4 is 39.1 Å². The molecule has 3 heterocycles. The fourth-order valence-corrected chi connectivity index (χ4v) is 4.23. The van der Waals surface area contributed by atoms with E-state index in [9.17, 15) is 9.59 Å². The first-order valence-corrected chi connectivity index (χ1v) is 11.1. The third kappa shape index (κ3) is 4.70. The Morgan fingerprint density at radius 2 is 2.03 bits per heavy atom. The lowest BCUT2D eigenvalue weighted by molar-refractivity contribution is -0.121. The lowest BCUT2D eigenvalue weighted by Crippen LogP contribution is -2.41. The van der Waals surface area contributed by atoms with Crippen LogP contribution in [-0.2, 0) is 11.3 Å². The summed E-state index contributed by atoms with van der Waals surface area (Å²) in [4.78, 5) is 28.0. The number of aromatic nitrogens is 1. The topological polar surface area (TPSA) is 69.9 Å². The van der Waals surface area contributed by atoms with Crippen molar-refractivity contribution in [2.45, 2.75) is 41.2 Å². The Bertz CT molecular complexity index is 917. The monoisotopic (exact) mass is 417 g/mol. The minimum absolute atomic E-state index is 0.0739. The molecule has 0 spiro atoms. The number of nitrogens with one attached hydrogen (secondary N) is 1. The number of rotatable bonds is 7. The molecule has 0 unspecified atom stereocenters. The molecule has 0 fully saturated rings. The number of carbonyl (C=O) groups excluding carboxylic acids is 2. The largest absolute Gasteiger partial charge is 0.353 e. The van der Waals surface area contributed by atoms with Crippen molar-refractivity contribution in [3.8, 4) is 0 Å². The van der Waals surface area contributed by atoms with E-state index >= 15 is 0 Å². The summed E-state index contributed by atoms with van der Waals surface area (Å²) < 4.78 is 3.10. The van der Waals surface area contributed by atoms with Crippen molar-refractivity contribution in [3.05, 3.63) is 23.2 Å². The van der Waals surface area contributed by atoms with Gasteiger partial charge in [0.15, 0.2) is 0 Å². The average molecular weight is 418 g/mol. The van der Waals surface area contributed by atoms with E-state index in [0.717, 1.165) is 35.6 Å². The Balaban J connectivity index is 1.80. The summed E-state index contributed by atoms with van der Waals surface area (Å²) in [6.07, 6.45) is 0. The van der Waals surface area contributed by atoms with Gasteiger partial charge < -0.3 is 14.8 Å². The molecule has 0 atom stereocenters. The molecule has 29 heavy (non-hydrogen) atoms. The van der Waals surface area contributed by atoms with E-state index in [1.165, 1.54) is 5.01 Å². The molecular formula is C21H31N5O2S. The van der Waals surface area contributed by atoms with Gasteiger partial charge in [-0.2, -0.15) is 5.10 Å². The molecule has 3 rings (SSSR count). The van der Waals surface area contributed by atoms with E-state index in [0.29, 0.717) is 18.8 Å². The summed E-state index contributed by atoms with van der Waals surface area (Å²) in [6.45, 7) is 14.2. The van der Waals surface area contributed by atoms with Gasteiger partial charge in [0.25, 0.3) is 5.91 Å². The van der Waals surface area contributed by atoms with Gasteiger partial charge in [0.05, 0.1) is 22.5 Å². The van der Waals surface area contributed by atoms with Gasteiger partial charge in [-0.15, -0.1) is 11.3 Å². The number of amides is 2. The third-order valence-electron chi connectivity index (χ3n) is 5.33. The van der Waals surface area contributed by atoms with Crippen LogP contribution in [0.2, 0.25) is 0 Å². The van der Waals surface area contributed by atoms with Crippen LogP contribution in [0, 0.1) is 5.41 Å². The zero-order valence-corrected chi connectivity index (χ0v) is 18.8. The molecular weight excluding hydrogens is 386 g/mol. The molecule has 0 aliphatic carbocycles. The van der Waals surface area contributed by atoms with Gasteiger partial charge in [-0.3, -0.25) is 9.59 Å². The highest BCUT2D eigenvalue weighted by molar-refractivity contribution is 7.17.